The summed E-state index contributed by atoms with van der Waals surface area (Å²) in [5.74, 6) is 2.61. The van der Waals surface area contributed by atoms with Crippen molar-refractivity contribution < 1.29 is 18.0 Å². The van der Waals surface area contributed by atoms with E-state index in [1.54, 1.807) is 0 Å². The molecule has 0 spiro atoms. The number of nitrogens with zero attached hydrogens (tertiary/aromatic N) is 2. The van der Waals surface area contributed by atoms with Gasteiger partial charge in [0.15, 0.2) is 0 Å². The summed E-state index contributed by atoms with van der Waals surface area (Å²) in [5, 5.41) is 7.89. The van der Waals surface area contributed by atoms with Gasteiger partial charge in [-0.1, -0.05) is 0 Å². The minimum atomic E-state index is -3.74. The monoisotopic (exact) mass is 474 g/mol. The fourth-order valence-corrected chi connectivity index (χ4v) is 7.61. The van der Waals surface area contributed by atoms with Crippen LogP contribution in [-0.2, 0) is 19.6 Å². The molecule has 0 atom stereocenters. The minimum absolute atomic E-state index is 0.0152. The van der Waals surface area contributed by atoms with Crippen LogP contribution in [0.15, 0.2) is 29.2 Å². The van der Waals surface area contributed by atoms with Gasteiger partial charge in [0.2, 0.25) is 21.8 Å². The minimum Gasteiger partial charge on any atom is -0.340 e. The Morgan fingerprint density at radius 1 is 0.939 bits per heavy atom. The van der Waals surface area contributed by atoms with Gasteiger partial charge in [0.25, 0.3) is 0 Å². The SMILES string of the molecule is NS(=O)(=O)c1ccc(NC(=O)CCN2CCN(C(=O)C34CC5CC(CC(C5)C3)C4)CC2)cc1. The van der Waals surface area contributed by atoms with E-state index in [4.69, 9.17) is 5.14 Å². The number of carbonyl (C=O) groups excluding carboxylic acids is 2. The van der Waals surface area contributed by atoms with Crippen molar-refractivity contribution >= 4 is 27.5 Å². The Balaban J connectivity index is 1.07. The molecule has 1 aliphatic heterocycles. The number of nitrogens with two attached hydrogens (primary N) is 1. The highest BCUT2D eigenvalue weighted by Gasteiger charge is 2.55. The van der Waals surface area contributed by atoms with E-state index in [-0.39, 0.29) is 16.2 Å². The van der Waals surface area contributed by atoms with Gasteiger partial charge in [0.1, 0.15) is 0 Å². The molecule has 3 N–H and O–H groups in total. The molecule has 1 aromatic rings. The summed E-state index contributed by atoms with van der Waals surface area (Å²) in [7, 11) is -3.74. The number of anilines is 1. The number of piperazine rings is 1. The van der Waals surface area contributed by atoms with E-state index >= 15 is 0 Å². The standard InChI is InChI=1S/C24H34N4O4S/c25-33(31,32)21-3-1-20(2-4-21)26-22(29)5-6-27-7-9-28(10-8-27)23(30)24-14-17-11-18(15-24)13-19(12-17)16-24/h1-4,17-19H,5-16H2,(H,26,29)(H2,25,31,32). The van der Waals surface area contributed by atoms with Crippen LogP contribution in [0.3, 0.4) is 0 Å². The third-order valence-electron chi connectivity index (χ3n) is 8.27. The summed E-state index contributed by atoms with van der Waals surface area (Å²) in [5.41, 5.74) is 0.466. The molecule has 9 heteroatoms. The lowest BCUT2D eigenvalue weighted by molar-refractivity contribution is -0.159. The second-order valence-electron chi connectivity index (χ2n) is 10.7. The third-order valence-corrected chi connectivity index (χ3v) is 9.20. The number of benzene rings is 1. The zero-order chi connectivity index (χ0) is 23.2. The lowest BCUT2D eigenvalue weighted by Gasteiger charge is -2.57. The molecule has 5 fully saturated rings. The Bertz CT molecular complexity index is 980. The molecule has 4 aliphatic carbocycles. The van der Waals surface area contributed by atoms with Crippen LogP contribution in [0.1, 0.15) is 44.9 Å². The molecule has 1 heterocycles. The topological polar surface area (TPSA) is 113 Å². The molecule has 180 valence electrons. The van der Waals surface area contributed by atoms with Crippen LogP contribution in [0.5, 0.6) is 0 Å². The maximum Gasteiger partial charge on any atom is 0.238 e. The normalized spacial score (nSPS) is 31.5. The van der Waals surface area contributed by atoms with Crippen molar-refractivity contribution in [2.75, 3.05) is 38.0 Å². The molecule has 8 nitrogen and oxygen atoms in total. The highest BCUT2D eigenvalue weighted by molar-refractivity contribution is 7.89. The number of sulfonamides is 1. The average Bonchev–Trinajstić information content (AvgIpc) is 2.76. The number of primary sulfonamides is 1. The van der Waals surface area contributed by atoms with Crippen molar-refractivity contribution in [3.8, 4) is 0 Å². The fourth-order valence-electron chi connectivity index (χ4n) is 7.09. The Morgan fingerprint density at radius 3 is 2.00 bits per heavy atom. The van der Waals surface area contributed by atoms with Crippen LogP contribution in [0.2, 0.25) is 0 Å². The summed E-state index contributed by atoms with van der Waals surface area (Å²) in [4.78, 5) is 30.2. The highest BCUT2D eigenvalue weighted by atomic mass is 32.2. The largest absolute Gasteiger partial charge is 0.340 e. The summed E-state index contributed by atoms with van der Waals surface area (Å²) >= 11 is 0. The van der Waals surface area contributed by atoms with Gasteiger partial charge in [-0.25, -0.2) is 13.6 Å². The molecule has 6 rings (SSSR count). The van der Waals surface area contributed by atoms with Crippen LogP contribution in [0.25, 0.3) is 0 Å². The van der Waals surface area contributed by atoms with Gasteiger partial charge in [-0.3, -0.25) is 14.5 Å². The number of carbonyl (C=O) groups is 2. The Labute approximate surface area is 195 Å². The van der Waals surface area contributed by atoms with E-state index < -0.39 is 10.0 Å². The van der Waals surface area contributed by atoms with Crippen LogP contribution >= 0.6 is 0 Å². The third kappa shape index (κ3) is 4.81. The van der Waals surface area contributed by atoms with Crippen LogP contribution in [0, 0.1) is 23.2 Å². The van der Waals surface area contributed by atoms with Gasteiger partial charge in [-0.15, -0.1) is 0 Å². The molecular formula is C24H34N4O4S. The van der Waals surface area contributed by atoms with E-state index in [1.807, 2.05) is 0 Å². The van der Waals surface area contributed by atoms with E-state index in [1.165, 1.54) is 43.5 Å². The molecule has 4 bridgehead atoms. The molecule has 1 aromatic carbocycles. The van der Waals surface area contributed by atoms with E-state index in [9.17, 15) is 18.0 Å². The fraction of sp³-hybridized carbons (Fsp3) is 0.667. The first-order valence-electron chi connectivity index (χ1n) is 12.1. The molecule has 4 saturated carbocycles. The van der Waals surface area contributed by atoms with Crippen molar-refractivity contribution in [3.63, 3.8) is 0 Å². The predicted octanol–water partition coefficient (Wildman–Crippen LogP) is 2.02. The smallest absolute Gasteiger partial charge is 0.238 e. The van der Waals surface area contributed by atoms with Crippen molar-refractivity contribution in [1.82, 2.24) is 9.80 Å². The lowest BCUT2D eigenvalue weighted by Crippen LogP contribution is -2.58. The quantitative estimate of drug-likeness (QED) is 0.655. The van der Waals surface area contributed by atoms with Crippen molar-refractivity contribution in [2.24, 2.45) is 28.3 Å². The zero-order valence-corrected chi connectivity index (χ0v) is 19.9. The number of hydrogen-bond donors (Lipinski definition) is 2. The van der Waals surface area contributed by atoms with E-state index in [0.717, 1.165) is 63.2 Å². The molecular weight excluding hydrogens is 440 g/mol. The summed E-state index contributed by atoms with van der Waals surface area (Å²) in [6.07, 6.45) is 7.71. The van der Waals surface area contributed by atoms with Gasteiger partial charge in [0.05, 0.1) is 10.3 Å². The van der Waals surface area contributed by atoms with Crippen molar-refractivity contribution in [1.29, 1.82) is 0 Å². The van der Waals surface area contributed by atoms with Gasteiger partial charge in [0, 0.05) is 44.8 Å². The van der Waals surface area contributed by atoms with Gasteiger partial charge in [-0.05, 0) is 80.5 Å². The first kappa shape index (κ1) is 22.8. The number of rotatable bonds is 6. The number of hydrogen-bond acceptors (Lipinski definition) is 5. The highest BCUT2D eigenvalue weighted by Crippen LogP contribution is 2.60. The molecule has 1 saturated heterocycles. The maximum atomic E-state index is 13.5. The van der Waals surface area contributed by atoms with Crippen LogP contribution in [-0.4, -0.2) is 62.8 Å². The van der Waals surface area contributed by atoms with E-state index in [2.05, 4.69) is 15.1 Å². The van der Waals surface area contributed by atoms with Gasteiger partial charge in [-0.2, -0.15) is 0 Å². The second kappa shape index (κ2) is 8.67. The predicted molar refractivity (Wildman–Crippen MR) is 125 cm³/mol. The van der Waals surface area contributed by atoms with Gasteiger partial charge >= 0.3 is 0 Å². The zero-order valence-electron chi connectivity index (χ0n) is 19.0. The summed E-state index contributed by atoms with van der Waals surface area (Å²) in [6, 6.07) is 5.83. The average molecular weight is 475 g/mol. The molecule has 0 unspecified atom stereocenters. The first-order valence-corrected chi connectivity index (χ1v) is 13.7. The molecule has 0 radical (unpaired) electrons. The molecule has 5 aliphatic rings. The molecule has 33 heavy (non-hydrogen) atoms. The Morgan fingerprint density at radius 2 is 1.48 bits per heavy atom. The number of nitrogens with one attached hydrogen (secondary N) is 1. The number of amides is 2. The lowest BCUT2D eigenvalue weighted by atomic mass is 9.49. The summed E-state index contributed by atoms with van der Waals surface area (Å²) in [6.45, 7) is 3.73. The summed E-state index contributed by atoms with van der Waals surface area (Å²) < 4.78 is 22.7. The van der Waals surface area contributed by atoms with Crippen LogP contribution in [0.4, 0.5) is 5.69 Å². The Hall–Kier alpha value is -1.97. The van der Waals surface area contributed by atoms with Gasteiger partial charge < -0.3 is 10.2 Å². The molecule has 2 amide bonds. The van der Waals surface area contributed by atoms with Crippen LogP contribution < -0.4 is 10.5 Å². The Kier molecular flexibility index (Phi) is 5.99. The molecule has 0 aromatic heterocycles. The van der Waals surface area contributed by atoms with Crippen molar-refractivity contribution in [3.05, 3.63) is 24.3 Å². The second-order valence-corrected chi connectivity index (χ2v) is 12.3. The van der Waals surface area contributed by atoms with Crippen molar-refractivity contribution in [2.45, 2.75) is 49.8 Å². The van der Waals surface area contributed by atoms with E-state index in [0.29, 0.717) is 24.6 Å². The first-order chi connectivity index (χ1) is 15.7. The maximum absolute atomic E-state index is 13.5.